The Morgan fingerprint density at radius 3 is 2.73 bits per heavy atom. The standard InChI is InChI=1S/C8H18N2O/c1-7(9)6-10-8-2-4-11-5-3-8/h7-8,10H,2-6,9H2,1H3. The maximum atomic E-state index is 5.62. The fourth-order valence-electron chi connectivity index (χ4n) is 1.25. The summed E-state index contributed by atoms with van der Waals surface area (Å²) in [5, 5.41) is 3.42. The molecule has 1 rings (SSSR count). The summed E-state index contributed by atoms with van der Waals surface area (Å²) in [6.07, 6.45) is 2.26. The summed E-state index contributed by atoms with van der Waals surface area (Å²) < 4.78 is 5.24. The number of nitrogens with two attached hydrogens (primary N) is 1. The Morgan fingerprint density at radius 1 is 1.55 bits per heavy atom. The van der Waals surface area contributed by atoms with Crippen molar-refractivity contribution < 1.29 is 4.74 Å². The van der Waals surface area contributed by atoms with Gasteiger partial charge in [0.25, 0.3) is 0 Å². The van der Waals surface area contributed by atoms with Crippen molar-refractivity contribution in [2.24, 2.45) is 5.73 Å². The van der Waals surface area contributed by atoms with E-state index < -0.39 is 0 Å². The maximum Gasteiger partial charge on any atom is 0.0480 e. The molecule has 1 saturated heterocycles. The van der Waals surface area contributed by atoms with Crippen molar-refractivity contribution in [2.75, 3.05) is 19.8 Å². The number of ether oxygens (including phenoxy) is 1. The lowest BCUT2D eigenvalue weighted by molar-refractivity contribution is 0.0778. The Labute approximate surface area is 68.3 Å². The Bertz CT molecular complexity index is 100. The molecule has 0 aromatic heterocycles. The lowest BCUT2D eigenvalue weighted by Gasteiger charge is -2.23. The fourth-order valence-corrected chi connectivity index (χ4v) is 1.25. The Balaban J connectivity index is 2.05. The molecule has 1 aliphatic rings. The van der Waals surface area contributed by atoms with Crippen LogP contribution in [0.25, 0.3) is 0 Å². The van der Waals surface area contributed by atoms with Gasteiger partial charge in [0.1, 0.15) is 0 Å². The van der Waals surface area contributed by atoms with Crippen LogP contribution in [0, 0.1) is 0 Å². The topological polar surface area (TPSA) is 47.3 Å². The van der Waals surface area contributed by atoms with E-state index in [9.17, 15) is 0 Å². The first kappa shape index (κ1) is 8.97. The minimum atomic E-state index is 0.262. The average Bonchev–Trinajstić information content (AvgIpc) is 2.03. The first-order valence-electron chi connectivity index (χ1n) is 4.36. The van der Waals surface area contributed by atoms with Crippen LogP contribution in [-0.2, 0) is 4.74 Å². The van der Waals surface area contributed by atoms with Gasteiger partial charge in [0.2, 0.25) is 0 Å². The Hall–Kier alpha value is -0.120. The average molecular weight is 158 g/mol. The van der Waals surface area contributed by atoms with Crippen LogP contribution < -0.4 is 11.1 Å². The number of nitrogens with one attached hydrogen (secondary N) is 1. The van der Waals surface area contributed by atoms with E-state index in [-0.39, 0.29) is 6.04 Å². The normalized spacial score (nSPS) is 23.5. The zero-order valence-electron chi connectivity index (χ0n) is 7.18. The van der Waals surface area contributed by atoms with Crippen LogP contribution in [0.3, 0.4) is 0 Å². The maximum absolute atomic E-state index is 5.62. The van der Waals surface area contributed by atoms with Crippen LogP contribution in [0.15, 0.2) is 0 Å². The second kappa shape index (κ2) is 4.70. The van der Waals surface area contributed by atoms with Crippen molar-refractivity contribution in [3.05, 3.63) is 0 Å². The van der Waals surface area contributed by atoms with Crippen LogP contribution in [0.2, 0.25) is 0 Å². The van der Waals surface area contributed by atoms with E-state index in [4.69, 9.17) is 10.5 Å². The molecular weight excluding hydrogens is 140 g/mol. The van der Waals surface area contributed by atoms with Crippen molar-refractivity contribution in [2.45, 2.75) is 31.8 Å². The Morgan fingerprint density at radius 2 is 2.18 bits per heavy atom. The van der Waals surface area contributed by atoms with Crippen molar-refractivity contribution in [1.82, 2.24) is 5.32 Å². The summed E-state index contributed by atoms with van der Waals surface area (Å²) >= 11 is 0. The van der Waals surface area contributed by atoms with E-state index in [0.29, 0.717) is 6.04 Å². The first-order valence-corrected chi connectivity index (χ1v) is 4.36. The molecule has 11 heavy (non-hydrogen) atoms. The highest BCUT2D eigenvalue weighted by Crippen LogP contribution is 2.05. The monoisotopic (exact) mass is 158 g/mol. The van der Waals surface area contributed by atoms with Crippen LogP contribution in [0.5, 0.6) is 0 Å². The van der Waals surface area contributed by atoms with Gasteiger partial charge >= 0.3 is 0 Å². The molecule has 0 spiro atoms. The summed E-state index contributed by atoms with van der Waals surface area (Å²) in [4.78, 5) is 0. The predicted octanol–water partition coefficient (Wildman–Crippen LogP) is 0.102. The molecule has 1 unspecified atom stereocenters. The van der Waals surface area contributed by atoms with Crippen LogP contribution in [-0.4, -0.2) is 31.8 Å². The lowest BCUT2D eigenvalue weighted by Crippen LogP contribution is -2.40. The molecule has 3 heteroatoms. The highest BCUT2D eigenvalue weighted by molar-refractivity contribution is 4.71. The minimum absolute atomic E-state index is 0.262. The lowest BCUT2D eigenvalue weighted by atomic mass is 10.1. The second-order valence-electron chi connectivity index (χ2n) is 3.27. The van der Waals surface area contributed by atoms with Gasteiger partial charge < -0.3 is 15.8 Å². The molecule has 1 atom stereocenters. The first-order chi connectivity index (χ1) is 5.29. The third kappa shape index (κ3) is 3.70. The third-order valence-corrected chi connectivity index (χ3v) is 1.95. The molecule has 66 valence electrons. The van der Waals surface area contributed by atoms with Crippen LogP contribution in [0.1, 0.15) is 19.8 Å². The largest absolute Gasteiger partial charge is 0.381 e. The van der Waals surface area contributed by atoms with E-state index in [2.05, 4.69) is 5.32 Å². The molecule has 0 aromatic carbocycles. The molecule has 0 aliphatic carbocycles. The van der Waals surface area contributed by atoms with Gasteiger partial charge in [0.05, 0.1) is 0 Å². The van der Waals surface area contributed by atoms with E-state index >= 15 is 0 Å². The summed E-state index contributed by atoms with van der Waals surface area (Å²) in [6.45, 7) is 4.74. The van der Waals surface area contributed by atoms with Gasteiger partial charge in [-0.1, -0.05) is 0 Å². The van der Waals surface area contributed by atoms with Gasteiger partial charge in [-0.05, 0) is 19.8 Å². The number of rotatable bonds is 3. The van der Waals surface area contributed by atoms with Gasteiger partial charge in [-0.3, -0.25) is 0 Å². The highest BCUT2D eigenvalue weighted by atomic mass is 16.5. The van der Waals surface area contributed by atoms with Crippen molar-refractivity contribution in [3.8, 4) is 0 Å². The number of hydrogen-bond donors (Lipinski definition) is 2. The molecule has 0 bridgehead atoms. The molecule has 3 N–H and O–H groups in total. The van der Waals surface area contributed by atoms with Crippen LogP contribution >= 0.6 is 0 Å². The number of hydrogen-bond acceptors (Lipinski definition) is 3. The zero-order valence-corrected chi connectivity index (χ0v) is 7.18. The molecule has 0 aromatic rings. The zero-order chi connectivity index (χ0) is 8.10. The molecule has 0 radical (unpaired) electrons. The third-order valence-electron chi connectivity index (χ3n) is 1.95. The van der Waals surface area contributed by atoms with Crippen molar-refractivity contribution >= 4 is 0 Å². The van der Waals surface area contributed by atoms with Crippen molar-refractivity contribution in [1.29, 1.82) is 0 Å². The second-order valence-corrected chi connectivity index (χ2v) is 3.27. The molecule has 1 heterocycles. The molecule has 0 amide bonds. The quantitative estimate of drug-likeness (QED) is 0.612. The molecule has 1 aliphatic heterocycles. The molecular formula is C8H18N2O. The van der Waals surface area contributed by atoms with Crippen molar-refractivity contribution in [3.63, 3.8) is 0 Å². The highest BCUT2D eigenvalue weighted by Gasteiger charge is 2.12. The van der Waals surface area contributed by atoms with E-state index in [1.165, 1.54) is 0 Å². The molecule has 3 nitrogen and oxygen atoms in total. The van der Waals surface area contributed by atoms with Gasteiger partial charge in [-0.25, -0.2) is 0 Å². The minimum Gasteiger partial charge on any atom is -0.381 e. The fraction of sp³-hybridized carbons (Fsp3) is 1.00. The van der Waals surface area contributed by atoms with Gasteiger partial charge in [0, 0.05) is 31.8 Å². The smallest absolute Gasteiger partial charge is 0.0480 e. The Kier molecular flexibility index (Phi) is 3.83. The summed E-state index contributed by atoms with van der Waals surface area (Å²) in [6, 6.07) is 0.896. The van der Waals surface area contributed by atoms with E-state index in [0.717, 1.165) is 32.6 Å². The van der Waals surface area contributed by atoms with E-state index in [1.54, 1.807) is 0 Å². The molecule has 1 fully saturated rings. The van der Waals surface area contributed by atoms with Gasteiger partial charge in [0.15, 0.2) is 0 Å². The van der Waals surface area contributed by atoms with E-state index in [1.807, 2.05) is 6.92 Å². The van der Waals surface area contributed by atoms with Crippen LogP contribution in [0.4, 0.5) is 0 Å². The summed E-state index contributed by atoms with van der Waals surface area (Å²) in [5.74, 6) is 0. The summed E-state index contributed by atoms with van der Waals surface area (Å²) in [7, 11) is 0. The SMILES string of the molecule is CC(N)CNC1CCOCC1. The van der Waals surface area contributed by atoms with Gasteiger partial charge in [-0.2, -0.15) is 0 Å². The summed E-state index contributed by atoms with van der Waals surface area (Å²) in [5.41, 5.74) is 5.62. The predicted molar refractivity (Wildman–Crippen MR) is 45.5 cm³/mol. The molecule has 0 saturated carbocycles. The van der Waals surface area contributed by atoms with Gasteiger partial charge in [-0.15, -0.1) is 0 Å².